The van der Waals surface area contributed by atoms with Crippen molar-refractivity contribution in [2.75, 3.05) is 0 Å². The average Bonchev–Trinajstić information content (AvgIpc) is 3.64. The van der Waals surface area contributed by atoms with Gasteiger partial charge in [0.2, 0.25) is 0 Å². The van der Waals surface area contributed by atoms with E-state index in [4.69, 9.17) is 17.0 Å². The second-order valence-corrected chi connectivity index (χ2v) is 64.7. The van der Waals surface area contributed by atoms with Crippen LogP contribution in [0.5, 0.6) is 0 Å². The molecule has 0 radical (unpaired) electrons. The van der Waals surface area contributed by atoms with Gasteiger partial charge in [-0.05, 0) is 0 Å². The molecule has 0 aromatic heterocycles. The van der Waals surface area contributed by atoms with Crippen LogP contribution in [-0.2, 0) is 14.1 Å². The van der Waals surface area contributed by atoms with Gasteiger partial charge in [0.1, 0.15) is 0 Å². The van der Waals surface area contributed by atoms with Gasteiger partial charge in [-0.1, -0.05) is 0 Å². The van der Waals surface area contributed by atoms with Crippen LogP contribution in [0.4, 0.5) is 0 Å². The molecule has 0 saturated carbocycles. The summed E-state index contributed by atoms with van der Waals surface area (Å²) in [6.45, 7) is 11.7. The van der Waals surface area contributed by atoms with Crippen LogP contribution in [0.1, 0.15) is 81.0 Å². The third-order valence-electron chi connectivity index (χ3n) is 11.0. The summed E-state index contributed by atoms with van der Waals surface area (Å²) in [5.41, 5.74) is 10.6. The van der Waals surface area contributed by atoms with E-state index < -0.39 is 20.0 Å². The van der Waals surface area contributed by atoms with Crippen molar-refractivity contribution in [2.24, 2.45) is 0 Å². The molecule has 0 amide bonds. The maximum atomic E-state index is 9.05. The molecular formula is C39H44Cl2SiZr. The van der Waals surface area contributed by atoms with Crippen molar-refractivity contribution in [1.82, 2.24) is 0 Å². The van der Waals surface area contributed by atoms with Crippen LogP contribution < -0.4 is 3.27 Å². The van der Waals surface area contributed by atoms with Crippen LogP contribution in [0.15, 0.2) is 109 Å². The van der Waals surface area contributed by atoms with Crippen molar-refractivity contribution in [3.63, 3.8) is 0 Å². The molecule has 0 heterocycles. The van der Waals surface area contributed by atoms with Gasteiger partial charge in [0.15, 0.2) is 0 Å². The molecule has 0 spiro atoms. The number of hydrogen-bond acceptors (Lipinski definition) is 0. The fourth-order valence-electron chi connectivity index (χ4n) is 8.44. The molecule has 2 unspecified atom stereocenters. The van der Waals surface area contributed by atoms with E-state index in [0.29, 0.717) is 5.92 Å². The number of benzene rings is 4. The SMILES string of the molecule is CCCCC1=Cc2c(-c3ccc(C(C)C)cc3)cccc2[CH]1[Zr]([Cl])([Cl])([c]1ccccc1)([CH]1C=Cc2ccccc21)[SiH](C)C. The van der Waals surface area contributed by atoms with Crippen LogP contribution in [0.25, 0.3) is 23.3 Å². The van der Waals surface area contributed by atoms with Gasteiger partial charge in [-0.15, -0.1) is 0 Å². The van der Waals surface area contributed by atoms with Crippen molar-refractivity contribution in [3.8, 4) is 11.1 Å². The number of fused-ring (bicyclic) bond motifs is 2. The minimum atomic E-state index is -5.74. The molecule has 0 bridgehead atoms. The predicted octanol–water partition coefficient (Wildman–Crippen LogP) is 11.7. The molecule has 2 aliphatic rings. The fourth-order valence-corrected chi connectivity index (χ4v) is 51.8. The molecule has 4 heteroatoms. The molecule has 2 atom stereocenters. The molecule has 0 aliphatic heterocycles. The summed E-state index contributed by atoms with van der Waals surface area (Å²) in [6.07, 6.45) is 10.5. The molecule has 2 aliphatic carbocycles. The zero-order valence-corrected chi connectivity index (χ0v) is 31.3. The summed E-state index contributed by atoms with van der Waals surface area (Å²) >= 11 is -5.74. The Labute approximate surface area is 264 Å². The summed E-state index contributed by atoms with van der Waals surface area (Å²) < 4.78 is 1.20. The fraction of sp³-hybridized carbons (Fsp3) is 0.282. The Kier molecular flexibility index (Phi) is 8.04. The van der Waals surface area contributed by atoms with Gasteiger partial charge in [-0.2, -0.15) is 0 Å². The Hall–Kier alpha value is -1.96. The predicted molar refractivity (Wildman–Crippen MR) is 191 cm³/mol. The molecule has 4 aromatic rings. The topological polar surface area (TPSA) is 0 Å². The summed E-state index contributed by atoms with van der Waals surface area (Å²) in [6, 6.07) is 35.8. The molecule has 222 valence electrons. The van der Waals surface area contributed by atoms with E-state index in [2.05, 4.69) is 149 Å². The molecule has 0 saturated heterocycles. The van der Waals surface area contributed by atoms with E-state index in [1.54, 1.807) is 0 Å². The summed E-state index contributed by atoms with van der Waals surface area (Å²) in [5, 5.41) is 0. The molecule has 0 nitrogen and oxygen atoms in total. The van der Waals surface area contributed by atoms with Gasteiger partial charge in [0, 0.05) is 0 Å². The normalized spacial score (nSPS) is 19.2. The van der Waals surface area contributed by atoms with E-state index in [0.717, 1.165) is 19.3 Å². The van der Waals surface area contributed by atoms with E-state index in [1.165, 1.54) is 47.8 Å². The van der Waals surface area contributed by atoms with Crippen molar-refractivity contribution < 1.29 is 14.1 Å². The number of rotatable bonds is 9. The number of allylic oxidation sites excluding steroid dienone is 2. The van der Waals surface area contributed by atoms with E-state index in [-0.39, 0.29) is 7.25 Å². The molecule has 0 fully saturated rings. The molecule has 6 rings (SSSR count). The first-order valence-electron chi connectivity index (χ1n) is 16.1. The number of unbranched alkanes of at least 4 members (excludes halogenated alkanes) is 1. The Bertz CT molecular complexity index is 1730. The van der Waals surface area contributed by atoms with Gasteiger partial charge in [0.05, 0.1) is 0 Å². The summed E-state index contributed by atoms with van der Waals surface area (Å²) in [7, 11) is 18.1. The van der Waals surface area contributed by atoms with Crippen LogP contribution in [0.3, 0.4) is 0 Å². The monoisotopic (exact) mass is 700 g/mol. The summed E-state index contributed by atoms with van der Waals surface area (Å²) in [5.74, 6) is -1.33. The minimum absolute atomic E-state index is 0.00385. The standard InChI is InChI=1S/C22H25.C9H7.C6H5.C2H7Si.2ClH.Zr/c1-4-5-7-17-14-20-8-6-9-21(22(20)15-17)19-12-10-18(11-13-19)16(2)3;1-2-5-9-7-3-6-8(9)4-1;1-2-4-6-5-3-1;1-3-2;;;/h6,8-16H,4-5,7H2,1-3H3;1-7H;1-5H;3H,1-2H3;2*1H;/q;;;;;;+2/p-2. The third kappa shape index (κ3) is 4.46. The molecule has 4 aromatic carbocycles. The van der Waals surface area contributed by atoms with Crippen molar-refractivity contribution >= 4 is 38.4 Å². The second kappa shape index (κ2) is 11.1. The molecule has 0 N–H and O–H groups in total. The van der Waals surface area contributed by atoms with Gasteiger partial charge < -0.3 is 0 Å². The van der Waals surface area contributed by atoms with Crippen molar-refractivity contribution in [2.45, 2.75) is 66.3 Å². The van der Waals surface area contributed by atoms with Gasteiger partial charge in [0.25, 0.3) is 0 Å². The maximum absolute atomic E-state index is 9.05. The first-order chi connectivity index (χ1) is 20.6. The third-order valence-corrected chi connectivity index (χ3v) is 78.2. The zero-order chi connectivity index (χ0) is 30.5. The first kappa shape index (κ1) is 31.0. The van der Waals surface area contributed by atoms with Crippen LogP contribution in [0.2, 0.25) is 13.1 Å². The van der Waals surface area contributed by atoms with Gasteiger partial charge >= 0.3 is 266 Å². The van der Waals surface area contributed by atoms with Crippen LogP contribution in [0, 0.1) is 0 Å². The van der Waals surface area contributed by atoms with Crippen LogP contribution in [-0.4, -0.2) is 5.92 Å². The van der Waals surface area contributed by atoms with Gasteiger partial charge in [-0.3, -0.25) is 0 Å². The van der Waals surface area contributed by atoms with Crippen molar-refractivity contribution in [1.29, 1.82) is 0 Å². The Morgan fingerprint density at radius 3 is 2.14 bits per heavy atom. The zero-order valence-electron chi connectivity index (χ0n) is 26.2. The van der Waals surface area contributed by atoms with E-state index in [1.807, 2.05) is 0 Å². The Morgan fingerprint density at radius 2 is 1.47 bits per heavy atom. The molecule has 43 heavy (non-hydrogen) atoms. The average molecular weight is 703 g/mol. The Morgan fingerprint density at radius 1 is 0.791 bits per heavy atom. The quantitative estimate of drug-likeness (QED) is 0.152. The first-order valence-corrected chi connectivity index (χ1v) is 33.6. The van der Waals surface area contributed by atoms with Crippen molar-refractivity contribution in [3.05, 3.63) is 137 Å². The molecular weight excluding hydrogens is 659 g/mol. The summed E-state index contributed by atoms with van der Waals surface area (Å²) in [4.78, 5) is 0. The van der Waals surface area contributed by atoms with E-state index >= 15 is 0 Å². The van der Waals surface area contributed by atoms with Crippen LogP contribution >= 0.6 is 17.0 Å². The second-order valence-electron chi connectivity index (χ2n) is 13.7. The van der Waals surface area contributed by atoms with Gasteiger partial charge in [-0.25, -0.2) is 0 Å². The Balaban J connectivity index is 1.69. The van der Waals surface area contributed by atoms with E-state index in [9.17, 15) is 0 Å². The number of hydrogen-bond donors (Lipinski definition) is 0. The number of halogens is 2.